The summed E-state index contributed by atoms with van der Waals surface area (Å²) in [6.45, 7) is 3.16. The van der Waals surface area contributed by atoms with Crippen molar-refractivity contribution in [2.45, 2.75) is 13.3 Å². The van der Waals surface area contributed by atoms with Gasteiger partial charge >= 0.3 is 0 Å². The van der Waals surface area contributed by atoms with Gasteiger partial charge < -0.3 is 20.7 Å². The zero-order valence-corrected chi connectivity index (χ0v) is 21.1. The summed E-state index contributed by atoms with van der Waals surface area (Å²) in [5, 5.41) is 8.70. The highest BCUT2D eigenvalue weighted by molar-refractivity contribution is 6.30. The molecule has 36 heavy (non-hydrogen) atoms. The molecule has 0 aliphatic rings. The van der Waals surface area contributed by atoms with Gasteiger partial charge in [0.2, 0.25) is 5.91 Å². The number of pyridine rings is 1. The quantitative estimate of drug-likeness (QED) is 0.370. The average Bonchev–Trinajstić information content (AvgIpc) is 2.86. The van der Waals surface area contributed by atoms with Crippen molar-refractivity contribution >= 4 is 46.5 Å². The van der Waals surface area contributed by atoms with Gasteiger partial charge in [-0.25, -0.2) is 4.98 Å². The highest BCUT2D eigenvalue weighted by Gasteiger charge is 2.17. The molecular weight excluding hydrogens is 482 g/mol. The van der Waals surface area contributed by atoms with Crippen LogP contribution in [0.15, 0.2) is 60.8 Å². The number of amides is 3. The Balaban J connectivity index is 1.70. The third-order valence-corrected chi connectivity index (χ3v) is 5.36. The minimum absolute atomic E-state index is 0.132. The highest BCUT2D eigenvalue weighted by atomic mass is 35.5. The van der Waals surface area contributed by atoms with E-state index in [1.807, 2.05) is 11.9 Å². The van der Waals surface area contributed by atoms with E-state index in [1.165, 1.54) is 19.4 Å². The molecule has 188 valence electrons. The fraction of sp³-hybridized carbons (Fsp3) is 0.231. The number of nitrogens with one attached hydrogen (secondary N) is 3. The van der Waals surface area contributed by atoms with Crippen molar-refractivity contribution in [2.75, 3.05) is 43.2 Å². The molecule has 1 aromatic heterocycles. The van der Waals surface area contributed by atoms with Crippen LogP contribution in [0.4, 0.5) is 17.2 Å². The number of ether oxygens (including phenoxy) is 1. The predicted molar refractivity (Wildman–Crippen MR) is 141 cm³/mol. The highest BCUT2D eigenvalue weighted by Crippen LogP contribution is 2.24. The van der Waals surface area contributed by atoms with Gasteiger partial charge in [0, 0.05) is 17.4 Å². The molecule has 3 amide bonds. The molecule has 0 atom stereocenters. The van der Waals surface area contributed by atoms with Crippen molar-refractivity contribution in [3.8, 4) is 5.75 Å². The van der Waals surface area contributed by atoms with E-state index in [1.54, 1.807) is 48.5 Å². The monoisotopic (exact) mass is 509 g/mol. The van der Waals surface area contributed by atoms with Crippen molar-refractivity contribution in [3.63, 3.8) is 0 Å². The van der Waals surface area contributed by atoms with Crippen LogP contribution in [0, 0.1) is 0 Å². The van der Waals surface area contributed by atoms with Crippen LogP contribution in [0.3, 0.4) is 0 Å². The maximum absolute atomic E-state index is 12.9. The van der Waals surface area contributed by atoms with E-state index < -0.39 is 11.8 Å². The Morgan fingerprint density at radius 2 is 1.72 bits per heavy atom. The molecule has 0 aliphatic carbocycles. The fourth-order valence-corrected chi connectivity index (χ4v) is 3.50. The number of aromatic nitrogens is 1. The summed E-state index contributed by atoms with van der Waals surface area (Å²) < 4.78 is 5.23. The first-order chi connectivity index (χ1) is 17.3. The Bertz CT molecular complexity index is 1220. The summed E-state index contributed by atoms with van der Waals surface area (Å²) in [4.78, 5) is 44.0. The van der Waals surface area contributed by atoms with Crippen LogP contribution in [0.2, 0.25) is 5.02 Å². The molecule has 0 fully saturated rings. The number of hydrogen-bond donors (Lipinski definition) is 3. The second-order valence-electron chi connectivity index (χ2n) is 8.04. The van der Waals surface area contributed by atoms with Crippen LogP contribution < -0.4 is 20.7 Å². The Morgan fingerprint density at radius 1 is 0.972 bits per heavy atom. The van der Waals surface area contributed by atoms with E-state index in [9.17, 15) is 14.4 Å². The normalized spacial score (nSPS) is 10.6. The topological polar surface area (TPSA) is 113 Å². The standard InChI is InChI=1S/C26H28ClN5O4/c1-4-13-32(2)16-24(33)29-19-8-5-17(6-9-19)25(34)30-22-11-10-20(36-3)14-21(22)26(35)31-23-12-7-18(27)15-28-23/h5-12,14-15H,4,13,16H2,1-3H3,(H,29,33)(H,30,34)(H,28,31,35). The number of carbonyl (C=O) groups is 3. The number of halogens is 1. The van der Waals surface area contributed by atoms with E-state index in [4.69, 9.17) is 16.3 Å². The first-order valence-corrected chi connectivity index (χ1v) is 11.7. The Labute approximate surface area is 214 Å². The minimum atomic E-state index is -0.481. The van der Waals surface area contributed by atoms with E-state index in [0.29, 0.717) is 33.5 Å². The summed E-state index contributed by atoms with van der Waals surface area (Å²) in [5.41, 5.74) is 1.43. The Kier molecular flexibility index (Phi) is 9.38. The lowest BCUT2D eigenvalue weighted by Gasteiger charge is -2.15. The van der Waals surface area contributed by atoms with Gasteiger partial charge in [-0.2, -0.15) is 0 Å². The number of methoxy groups -OCH3 is 1. The van der Waals surface area contributed by atoms with Crippen LogP contribution in [-0.2, 0) is 4.79 Å². The summed E-state index contributed by atoms with van der Waals surface area (Å²) >= 11 is 5.85. The predicted octanol–water partition coefficient (Wildman–Crippen LogP) is 4.53. The van der Waals surface area contributed by atoms with Crippen molar-refractivity contribution in [2.24, 2.45) is 0 Å². The minimum Gasteiger partial charge on any atom is -0.497 e. The van der Waals surface area contributed by atoms with E-state index in [2.05, 4.69) is 27.9 Å². The number of anilines is 3. The number of likely N-dealkylation sites (N-methyl/N-ethyl adjacent to an activating group) is 1. The van der Waals surface area contributed by atoms with E-state index >= 15 is 0 Å². The molecule has 3 aromatic rings. The number of carbonyl (C=O) groups excluding carboxylic acids is 3. The molecule has 0 bridgehead atoms. The molecule has 0 radical (unpaired) electrons. The Hall–Kier alpha value is -3.95. The first kappa shape index (κ1) is 26.7. The van der Waals surface area contributed by atoms with Crippen molar-refractivity contribution in [1.82, 2.24) is 9.88 Å². The van der Waals surface area contributed by atoms with Gasteiger partial charge in [-0.3, -0.25) is 19.3 Å². The lowest BCUT2D eigenvalue weighted by atomic mass is 10.1. The summed E-state index contributed by atoms with van der Waals surface area (Å²) in [6, 6.07) is 14.4. The maximum Gasteiger partial charge on any atom is 0.259 e. The van der Waals surface area contributed by atoms with Crippen molar-refractivity contribution in [3.05, 3.63) is 76.9 Å². The van der Waals surface area contributed by atoms with Gasteiger partial charge in [-0.05, 0) is 74.6 Å². The van der Waals surface area contributed by atoms with Crippen LogP contribution in [-0.4, -0.2) is 54.9 Å². The van der Waals surface area contributed by atoms with Gasteiger partial charge in [0.05, 0.1) is 29.9 Å². The third-order valence-electron chi connectivity index (χ3n) is 5.14. The number of rotatable bonds is 10. The summed E-state index contributed by atoms with van der Waals surface area (Å²) in [6.07, 6.45) is 2.38. The molecule has 10 heteroatoms. The van der Waals surface area contributed by atoms with Crippen LogP contribution in [0.25, 0.3) is 0 Å². The average molecular weight is 510 g/mol. The second-order valence-corrected chi connectivity index (χ2v) is 8.48. The SMILES string of the molecule is CCCN(C)CC(=O)Nc1ccc(C(=O)Nc2ccc(OC)cc2C(=O)Nc2ccc(Cl)cn2)cc1. The van der Waals surface area contributed by atoms with Gasteiger partial charge in [0.15, 0.2) is 0 Å². The lowest BCUT2D eigenvalue weighted by molar-refractivity contribution is -0.117. The summed E-state index contributed by atoms with van der Waals surface area (Å²) in [5.74, 6) is -0.272. The smallest absolute Gasteiger partial charge is 0.259 e. The third kappa shape index (κ3) is 7.53. The number of nitrogens with zero attached hydrogens (tertiary/aromatic N) is 2. The fourth-order valence-electron chi connectivity index (χ4n) is 3.39. The van der Waals surface area contributed by atoms with E-state index in [0.717, 1.165) is 13.0 Å². The molecule has 0 unspecified atom stereocenters. The number of benzene rings is 2. The molecule has 1 heterocycles. The Morgan fingerprint density at radius 3 is 2.36 bits per heavy atom. The zero-order chi connectivity index (χ0) is 26.1. The molecule has 0 aliphatic heterocycles. The second kappa shape index (κ2) is 12.7. The van der Waals surface area contributed by atoms with Crippen molar-refractivity contribution < 1.29 is 19.1 Å². The largest absolute Gasteiger partial charge is 0.497 e. The molecule has 2 aromatic carbocycles. The molecule has 0 saturated heterocycles. The molecule has 9 nitrogen and oxygen atoms in total. The van der Waals surface area contributed by atoms with Gasteiger partial charge in [-0.15, -0.1) is 0 Å². The van der Waals surface area contributed by atoms with Crippen LogP contribution >= 0.6 is 11.6 Å². The van der Waals surface area contributed by atoms with Crippen molar-refractivity contribution in [1.29, 1.82) is 0 Å². The zero-order valence-electron chi connectivity index (χ0n) is 20.3. The van der Waals surface area contributed by atoms with Crippen LogP contribution in [0.1, 0.15) is 34.1 Å². The van der Waals surface area contributed by atoms with Crippen LogP contribution in [0.5, 0.6) is 5.75 Å². The van der Waals surface area contributed by atoms with E-state index in [-0.39, 0.29) is 18.0 Å². The van der Waals surface area contributed by atoms with Gasteiger partial charge in [0.25, 0.3) is 11.8 Å². The molecule has 0 spiro atoms. The lowest BCUT2D eigenvalue weighted by Crippen LogP contribution is -2.30. The van der Waals surface area contributed by atoms with Gasteiger partial charge in [-0.1, -0.05) is 18.5 Å². The molecule has 3 N–H and O–H groups in total. The maximum atomic E-state index is 12.9. The number of hydrogen-bond acceptors (Lipinski definition) is 6. The molecule has 3 rings (SSSR count). The van der Waals surface area contributed by atoms with Gasteiger partial charge in [0.1, 0.15) is 11.6 Å². The molecule has 0 saturated carbocycles. The first-order valence-electron chi connectivity index (χ1n) is 11.3. The molecular formula is C26H28ClN5O4. The summed E-state index contributed by atoms with van der Waals surface area (Å²) in [7, 11) is 3.37.